The number of hydrogen-bond acceptors (Lipinski definition) is 6. The zero-order valence-corrected chi connectivity index (χ0v) is 15.2. The lowest BCUT2D eigenvalue weighted by molar-refractivity contribution is -0.115. The molecule has 0 aliphatic rings. The topological polar surface area (TPSA) is 147 Å². The number of primary amides is 1. The predicted octanol–water partition coefficient (Wildman–Crippen LogP) is 1.36. The third-order valence-electron chi connectivity index (χ3n) is 3.63. The van der Waals surface area contributed by atoms with Gasteiger partial charge in [0.15, 0.2) is 5.13 Å². The number of anilines is 2. The van der Waals surface area contributed by atoms with Crippen molar-refractivity contribution in [3.8, 4) is 0 Å². The highest BCUT2D eigenvalue weighted by Crippen LogP contribution is 2.17. The molecule has 3 rings (SSSR count). The molecule has 0 atom stereocenters. The molecule has 9 nitrogen and oxygen atoms in total. The second-order valence-electron chi connectivity index (χ2n) is 5.68. The van der Waals surface area contributed by atoms with Gasteiger partial charge in [0.2, 0.25) is 11.8 Å². The lowest BCUT2D eigenvalue weighted by Gasteiger charge is -2.04. The highest BCUT2D eigenvalue weighted by atomic mass is 32.1. The minimum Gasteiger partial charge on any atom is -0.366 e. The third-order valence-corrected chi connectivity index (χ3v) is 4.44. The van der Waals surface area contributed by atoms with Gasteiger partial charge < -0.3 is 16.0 Å². The van der Waals surface area contributed by atoms with Crippen molar-refractivity contribution in [1.82, 2.24) is 9.97 Å². The van der Waals surface area contributed by atoms with Gasteiger partial charge in [-0.1, -0.05) is 0 Å². The Bertz CT molecular complexity index is 1090. The van der Waals surface area contributed by atoms with Gasteiger partial charge in [-0.2, -0.15) is 0 Å². The van der Waals surface area contributed by atoms with E-state index in [4.69, 9.17) is 5.73 Å². The van der Waals surface area contributed by atoms with Crippen LogP contribution in [0.4, 0.5) is 10.8 Å². The van der Waals surface area contributed by atoms with E-state index in [1.165, 1.54) is 24.4 Å². The van der Waals surface area contributed by atoms with Crippen LogP contribution in [0, 0.1) is 0 Å². The van der Waals surface area contributed by atoms with Crippen LogP contribution >= 0.6 is 11.3 Å². The van der Waals surface area contributed by atoms with Gasteiger partial charge in [-0.25, -0.2) is 4.98 Å². The molecule has 0 aliphatic heterocycles. The van der Waals surface area contributed by atoms with E-state index in [2.05, 4.69) is 20.6 Å². The minimum atomic E-state index is -0.582. The fourth-order valence-corrected chi connectivity index (χ4v) is 3.00. The molecule has 5 N–H and O–H groups in total. The van der Waals surface area contributed by atoms with Gasteiger partial charge in [-0.3, -0.25) is 24.5 Å². The number of benzene rings is 1. The lowest BCUT2D eigenvalue weighted by atomic mass is 10.2. The number of aromatic nitrogens is 2. The normalized spacial score (nSPS) is 10.3. The van der Waals surface area contributed by atoms with Crippen LogP contribution in [0.5, 0.6) is 0 Å². The number of pyridine rings is 1. The molecule has 0 bridgehead atoms. The van der Waals surface area contributed by atoms with E-state index >= 15 is 0 Å². The molecule has 0 aliphatic carbocycles. The predicted molar refractivity (Wildman–Crippen MR) is 104 cm³/mol. The zero-order valence-electron chi connectivity index (χ0n) is 14.4. The fraction of sp³-hybridized carbons (Fsp3) is 0.0556. The number of thiazole rings is 1. The van der Waals surface area contributed by atoms with Gasteiger partial charge >= 0.3 is 0 Å². The molecule has 0 fully saturated rings. The Hall–Kier alpha value is -3.79. The molecule has 0 saturated heterocycles. The highest BCUT2D eigenvalue weighted by molar-refractivity contribution is 7.14. The van der Waals surface area contributed by atoms with E-state index in [1.54, 1.807) is 23.6 Å². The van der Waals surface area contributed by atoms with Gasteiger partial charge in [0.1, 0.15) is 5.56 Å². The molecule has 0 radical (unpaired) electrons. The third kappa shape index (κ3) is 4.68. The molecule has 0 saturated carbocycles. The van der Waals surface area contributed by atoms with Crippen LogP contribution in [0.25, 0.3) is 0 Å². The molecular weight excluding hydrogens is 382 g/mol. The van der Waals surface area contributed by atoms with Crippen molar-refractivity contribution < 1.29 is 14.4 Å². The first kappa shape index (κ1) is 19.0. The second kappa shape index (κ2) is 8.27. The van der Waals surface area contributed by atoms with E-state index in [1.807, 2.05) is 0 Å². The summed E-state index contributed by atoms with van der Waals surface area (Å²) in [6, 6.07) is 9.12. The van der Waals surface area contributed by atoms with Crippen LogP contribution in [0.1, 0.15) is 26.4 Å². The van der Waals surface area contributed by atoms with E-state index in [9.17, 15) is 19.2 Å². The number of nitrogens with one attached hydrogen (secondary N) is 3. The molecule has 10 heteroatoms. The maximum atomic E-state index is 12.1. The summed E-state index contributed by atoms with van der Waals surface area (Å²) in [5.74, 6) is -1.44. The van der Waals surface area contributed by atoms with Crippen molar-refractivity contribution in [2.45, 2.75) is 6.42 Å². The Balaban J connectivity index is 1.58. The second-order valence-corrected chi connectivity index (χ2v) is 6.54. The van der Waals surface area contributed by atoms with Crippen molar-refractivity contribution in [3.63, 3.8) is 0 Å². The summed E-state index contributed by atoms with van der Waals surface area (Å²) in [5.41, 5.74) is 5.96. The molecule has 28 heavy (non-hydrogen) atoms. The van der Waals surface area contributed by atoms with Crippen LogP contribution in [0.15, 0.2) is 52.8 Å². The zero-order chi connectivity index (χ0) is 20.1. The monoisotopic (exact) mass is 397 g/mol. The molecule has 2 heterocycles. The number of H-pyrrole nitrogens is 1. The van der Waals surface area contributed by atoms with Gasteiger partial charge in [0.25, 0.3) is 11.5 Å². The minimum absolute atomic E-state index is 0.00411. The summed E-state index contributed by atoms with van der Waals surface area (Å²) >= 11 is 1.15. The Labute approximate surface area is 162 Å². The molecular formula is C18H15N5O4S. The summed E-state index contributed by atoms with van der Waals surface area (Å²) in [5, 5.41) is 7.13. The number of nitrogens with two attached hydrogens (primary N) is 1. The van der Waals surface area contributed by atoms with Gasteiger partial charge in [0, 0.05) is 22.8 Å². The van der Waals surface area contributed by atoms with E-state index in [0.29, 0.717) is 16.9 Å². The van der Waals surface area contributed by atoms with Gasteiger partial charge in [-0.05, 0) is 36.4 Å². The number of aromatic amines is 1. The van der Waals surface area contributed by atoms with Crippen LogP contribution in [0.2, 0.25) is 0 Å². The standard InChI is InChI=1S/C18H15N5O4S/c19-15(25)10-3-5-11(6-4-10)21-14(24)8-12-9-28-18(22-12)23-17(27)13-2-1-7-20-16(13)26/h1-7,9H,8H2,(H2,19,25)(H,20,26)(H,21,24)(H,22,23,27). The number of nitrogens with zero attached hydrogens (tertiary/aromatic N) is 1. The Kier molecular flexibility index (Phi) is 5.61. The van der Waals surface area contributed by atoms with Crippen molar-refractivity contribution in [2.24, 2.45) is 5.73 Å². The van der Waals surface area contributed by atoms with Crippen molar-refractivity contribution in [3.05, 3.63) is 75.1 Å². The average Bonchev–Trinajstić information content (AvgIpc) is 3.09. The first-order valence-electron chi connectivity index (χ1n) is 8.05. The highest BCUT2D eigenvalue weighted by Gasteiger charge is 2.13. The van der Waals surface area contributed by atoms with Gasteiger partial charge in [0.05, 0.1) is 12.1 Å². The molecule has 142 valence electrons. The van der Waals surface area contributed by atoms with Crippen molar-refractivity contribution in [1.29, 1.82) is 0 Å². The largest absolute Gasteiger partial charge is 0.366 e. The van der Waals surface area contributed by atoms with Crippen molar-refractivity contribution in [2.75, 3.05) is 10.6 Å². The van der Waals surface area contributed by atoms with E-state index < -0.39 is 17.4 Å². The summed E-state index contributed by atoms with van der Waals surface area (Å²) in [6.07, 6.45) is 1.43. The van der Waals surface area contributed by atoms with Crippen LogP contribution in [-0.4, -0.2) is 27.7 Å². The first-order valence-corrected chi connectivity index (χ1v) is 8.93. The lowest BCUT2D eigenvalue weighted by Crippen LogP contribution is -2.22. The summed E-state index contributed by atoms with van der Waals surface area (Å²) in [4.78, 5) is 53.5. The molecule has 1 aromatic carbocycles. The average molecular weight is 397 g/mol. The van der Waals surface area contributed by atoms with Crippen LogP contribution in [-0.2, 0) is 11.2 Å². The summed E-state index contributed by atoms with van der Waals surface area (Å²) < 4.78 is 0. The maximum Gasteiger partial charge on any atom is 0.263 e. The number of hydrogen-bond donors (Lipinski definition) is 4. The Morgan fingerprint density at radius 3 is 2.54 bits per heavy atom. The summed E-state index contributed by atoms with van der Waals surface area (Å²) in [7, 11) is 0. The molecule has 0 spiro atoms. The number of amides is 3. The fourth-order valence-electron chi connectivity index (χ4n) is 2.30. The quantitative estimate of drug-likeness (QED) is 0.496. The van der Waals surface area contributed by atoms with E-state index in [0.717, 1.165) is 11.3 Å². The van der Waals surface area contributed by atoms with Crippen molar-refractivity contribution >= 4 is 39.9 Å². The first-order chi connectivity index (χ1) is 13.4. The molecule has 2 aromatic heterocycles. The van der Waals surface area contributed by atoms with Gasteiger partial charge in [-0.15, -0.1) is 11.3 Å². The molecule has 3 amide bonds. The SMILES string of the molecule is NC(=O)c1ccc(NC(=O)Cc2csc(NC(=O)c3ccc[nH]c3=O)n2)cc1. The smallest absolute Gasteiger partial charge is 0.263 e. The van der Waals surface area contributed by atoms with Crippen LogP contribution in [0.3, 0.4) is 0 Å². The van der Waals surface area contributed by atoms with Crippen LogP contribution < -0.4 is 21.9 Å². The summed E-state index contributed by atoms with van der Waals surface area (Å²) in [6.45, 7) is 0. The molecule has 3 aromatic rings. The Morgan fingerprint density at radius 1 is 1.11 bits per heavy atom. The number of carbonyl (C=O) groups is 3. The number of rotatable bonds is 6. The molecule has 0 unspecified atom stereocenters. The van der Waals surface area contributed by atoms with E-state index in [-0.39, 0.29) is 23.0 Å². The number of carbonyl (C=O) groups excluding carboxylic acids is 3. The Morgan fingerprint density at radius 2 is 1.86 bits per heavy atom. The maximum absolute atomic E-state index is 12.1.